The molecule has 6 nitrogen and oxygen atoms in total. The van der Waals surface area contributed by atoms with E-state index in [2.05, 4.69) is 15.6 Å². The van der Waals surface area contributed by atoms with Crippen LogP contribution >= 0.6 is 11.3 Å². The molecule has 0 aliphatic rings. The minimum atomic E-state index is -0.153. The molecule has 0 saturated carbocycles. The fourth-order valence-electron chi connectivity index (χ4n) is 2.72. The van der Waals surface area contributed by atoms with Crippen molar-refractivity contribution in [1.82, 2.24) is 15.2 Å². The highest BCUT2D eigenvalue weighted by Crippen LogP contribution is 2.01. The predicted molar refractivity (Wildman–Crippen MR) is 114 cm³/mol. The smallest absolute Gasteiger partial charge is 0.242 e. The van der Waals surface area contributed by atoms with E-state index in [1.165, 1.54) is 11.3 Å². The number of hydrogen-bond acceptors (Lipinski definition) is 4. The van der Waals surface area contributed by atoms with Crippen molar-refractivity contribution < 1.29 is 9.59 Å². The van der Waals surface area contributed by atoms with Crippen LogP contribution in [0.1, 0.15) is 16.8 Å². The molecular weight excluding hydrogens is 384 g/mol. The van der Waals surface area contributed by atoms with Gasteiger partial charge in [0.2, 0.25) is 11.8 Å². The number of carbonyl (C=O) groups excluding carboxylic acids is 2. The molecule has 0 saturated heterocycles. The highest BCUT2D eigenvalue weighted by atomic mass is 32.1. The van der Waals surface area contributed by atoms with E-state index < -0.39 is 0 Å². The fraction of sp³-hybridized carbons (Fsp3) is 0.227. The van der Waals surface area contributed by atoms with E-state index in [4.69, 9.17) is 0 Å². The van der Waals surface area contributed by atoms with Crippen LogP contribution in [0.25, 0.3) is 0 Å². The van der Waals surface area contributed by atoms with Gasteiger partial charge >= 0.3 is 0 Å². The number of amides is 2. The highest BCUT2D eigenvalue weighted by molar-refractivity contribution is 7.07. The first-order valence-corrected chi connectivity index (χ1v) is 10.3. The van der Waals surface area contributed by atoms with E-state index in [1.807, 2.05) is 77.5 Å². The number of carbonyl (C=O) groups is 2. The van der Waals surface area contributed by atoms with Crippen LogP contribution in [-0.4, -0.2) is 22.9 Å². The fourth-order valence-corrected chi connectivity index (χ4v) is 3.60. The SMILES string of the molecule is Cc1csc(=NCC(=O)NCc2ccccc2)n1CC(=O)NCc1ccccc1. The Morgan fingerprint density at radius 1 is 0.897 bits per heavy atom. The first-order valence-electron chi connectivity index (χ1n) is 9.38. The largest absolute Gasteiger partial charge is 0.350 e. The highest BCUT2D eigenvalue weighted by Gasteiger charge is 2.08. The number of aromatic nitrogens is 1. The maximum atomic E-state index is 12.3. The van der Waals surface area contributed by atoms with Crippen molar-refractivity contribution >= 4 is 23.2 Å². The molecule has 0 aliphatic heterocycles. The summed E-state index contributed by atoms with van der Waals surface area (Å²) in [6.45, 7) is 3.08. The van der Waals surface area contributed by atoms with E-state index in [1.54, 1.807) is 0 Å². The molecule has 0 unspecified atom stereocenters. The lowest BCUT2D eigenvalue weighted by Crippen LogP contribution is -2.32. The van der Waals surface area contributed by atoms with E-state index in [0.29, 0.717) is 17.9 Å². The van der Waals surface area contributed by atoms with Crippen molar-refractivity contribution in [3.63, 3.8) is 0 Å². The molecule has 0 atom stereocenters. The van der Waals surface area contributed by atoms with E-state index >= 15 is 0 Å². The van der Waals surface area contributed by atoms with Crippen LogP contribution in [0, 0.1) is 6.92 Å². The molecule has 3 aromatic rings. The third-order valence-electron chi connectivity index (χ3n) is 4.32. The summed E-state index contributed by atoms with van der Waals surface area (Å²) in [5, 5.41) is 7.71. The van der Waals surface area contributed by atoms with Crippen LogP contribution < -0.4 is 15.4 Å². The van der Waals surface area contributed by atoms with Gasteiger partial charge in [-0.1, -0.05) is 60.7 Å². The summed E-state index contributed by atoms with van der Waals surface area (Å²) in [5.74, 6) is -0.245. The summed E-state index contributed by atoms with van der Waals surface area (Å²) in [6, 6.07) is 19.5. The van der Waals surface area contributed by atoms with Crippen LogP contribution in [0.2, 0.25) is 0 Å². The molecule has 1 heterocycles. The third-order valence-corrected chi connectivity index (χ3v) is 5.34. The normalized spacial score (nSPS) is 11.3. The van der Waals surface area contributed by atoms with Gasteiger partial charge in [-0.05, 0) is 18.1 Å². The third kappa shape index (κ3) is 6.43. The van der Waals surface area contributed by atoms with Crippen molar-refractivity contribution in [2.75, 3.05) is 6.54 Å². The molecule has 29 heavy (non-hydrogen) atoms. The van der Waals surface area contributed by atoms with Gasteiger partial charge in [-0.2, -0.15) is 0 Å². The Kier molecular flexibility index (Phi) is 7.35. The molecule has 150 valence electrons. The Morgan fingerprint density at radius 2 is 1.45 bits per heavy atom. The Bertz CT molecular complexity index is 1010. The standard InChI is InChI=1S/C22H24N4O2S/c1-17-16-29-22(25-14-20(27)23-12-18-8-4-2-5-9-18)26(17)15-21(28)24-13-19-10-6-3-7-11-19/h2-11,16H,12-15H2,1H3,(H,23,27)(H,24,28). The second-order valence-corrected chi connectivity index (χ2v) is 7.42. The minimum Gasteiger partial charge on any atom is -0.350 e. The zero-order valence-electron chi connectivity index (χ0n) is 16.3. The number of rotatable bonds is 8. The molecule has 3 rings (SSSR count). The zero-order chi connectivity index (χ0) is 20.5. The number of benzene rings is 2. The lowest BCUT2D eigenvalue weighted by atomic mass is 10.2. The molecule has 2 N–H and O–H groups in total. The second-order valence-electron chi connectivity index (χ2n) is 6.59. The van der Waals surface area contributed by atoms with E-state index in [0.717, 1.165) is 16.8 Å². The molecule has 0 spiro atoms. The van der Waals surface area contributed by atoms with Gasteiger partial charge in [0.1, 0.15) is 13.1 Å². The Hall–Kier alpha value is -3.19. The van der Waals surface area contributed by atoms with Crippen LogP contribution in [-0.2, 0) is 29.2 Å². The topological polar surface area (TPSA) is 75.5 Å². The van der Waals surface area contributed by atoms with Crippen molar-refractivity contribution in [2.24, 2.45) is 4.99 Å². The first kappa shape index (κ1) is 20.5. The second kappa shape index (κ2) is 10.4. The van der Waals surface area contributed by atoms with Gasteiger partial charge < -0.3 is 15.2 Å². The summed E-state index contributed by atoms with van der Waals surface area (Å²) in [6.07, 6.45) is 0. The number of hydrogen-bond donors (Lipinski definition) is 2. The summed E-state index contributed by atoms with van der Waals surface area (Å²) in [5.41, 5.74) is 3.03. The summed E-state index contributed by atoms with van der Waals surface area (Å²) in [4.78, 5) is 29.5. The van der Waals surface area contributed by atoms with Gasteiger partial charge in [-0.3, -0.25) is 9.59 Å². The van der Waals surface area contributed by atoms with E-state index in [9.17, 15) is 9.59 Å². The number of aryl methyl sites for hydroxylation is 1. The van der Waals surface area contributed by atoms with Crippen molar-refractivity contribution in [2.45, 2.75) is 26.6 Å². The average Bonchev–Trinajstić information content (AvgIpc) is 3.10. The van der Waals surface area contributed by atoms with Crippen molar-refractivity contribution in [3.8, 4) is 0 Å². The lowest BCUT2D eigenvalue weighted by molar-refractivity contribution is -0.122. The first-order chi connectivity index (χ1) is 14.1. The molecule has 0 fully saturated rings. The molecule has 0 radical (unpaired) electrons. The van der Waals surface area contributed by atoms with Crippen LogP contribution in [0.4, 0.5) is 0 Å². The number of nitrogens with one attached hydrogen (secondary N) is 2. The summed E-state index contributed by atoms with van der Waals surface area (Å²) >= 11 is 1.43. The lowest BCUT2D eigenvalue weighted by Gasteiger charge is -2.08. The van der Waals surface area contributed by atoms with E-state index in [-0.39, 0.29) is 24.9 Å². The molecular formula is C22H24N4O2S. The zero-order valence-corrected chi connectivity index (χ0v) is 17.1. The molecule has 0 bridgehead atoms. The van der Waals surface area contributed by atoms with Crippen LogP contribution in [0.15, 0.2) is 71.0 Å². The molecule has 7 heteroatoms. The van der Waals surface area contributed by atoms with Gasteiger partial charge in [-0.25, -0.2) is 4.99 Å². The Balaban J connectivity index is 1.55. The van der Waals surface area contributed by atoms with Gasteiger partial charge in [0.05, 0.1) is 0 Å². The van der Waals surface area contributed by atoms with Crippen LogP contribution in [0.3, 0.4) is 0 Å². The molecule has 2 amide bonds. The maximum absolute atomic E-state index is 12.3. The molecule has 1 aromatic heterocycles. The predicted octanol–water partition coefficient (Wildman–Crippen LogP) is 2.39. The number of thiazole rings is 1. The molecule has 0 aliphatic carbocycles. The van der Waals surface area contributed by atoms with Gasteiger partial charge in [0.15, 0.2) is 4.80 Å². The Labute approximate surface area is 173 Å². The average molecular weight is 409 g/mol. The number of nitrogens with zero attached hydrogens (tertiary/aromatic N) is 2. The Morgan fingerprint density at radius 3 is 2.03 bits per heavy atom. The van der Waals surface area contributed by atoms with Gasteiger partial charge in [0.25, 0.3) is 0 Å². The molecule has 2 aromatic carbocycles. The summed E-state index contributed by atoms with van der Waals surface area (Å²) < 4.78 is 1.83. The van der Waals surface area contributed by atoms with Crippen molar-refractivity contribution in [1.29, 1.82) is 0 Å². The van der Waals surface area contributed by atoms with Crippen LogP contribution in [0.5, 0.6) is 0 Å². The minimum absolute atomic E-state index is 0.0262. The van der Waals surface area contributed by atoms with Gasteiger partial charge in [-0.15, -0.1) is 11.3 Å². The monoisotopic (exact) mass is 408 g/mol. The van der Waals surface area contributed by atoms with Gasteiger partial charge in [0, 0.05) is 24.2 Å². The summed E-state index contributed by atoms with van der Waals surface area (Å²) in [7, 11) is 0. The quantitative estimate of drug-likeness (QED) is 0.601. The van der Waals surface area contributed by atoms with Crippen molar-refractivity contribution in [3.05, 3.63) is 87.7 Å². The maximum Gasteiger partial charge on any atom is 0.242 e.